The molecule has 0 aliphatic heterocycles. The Labute approximate surface area is 119 Å². The van der Waals surface area contributed by atoms with Gasteiger partial charge in [-0.3, -0.25) is 0 Å². The summed E-state index contributed by atoms with van der Waals surface area (Å²) in [5.41, 5.74) is 5.50. The largest absolute Gasteiger partial charge is 0.481 e. The van der Waals surface area contributed by atoms with Crippen LogP contribution in [0.25, 0.3) is 0 Å². The molecule has 8 heteroatoms. The minimum absolute atomic E-state index is 0.0456. The standard InChI is InChI=1S/C13H13F3N4O/c1-21-11-6-10(19-12(17)20-11)18-7-8-2-4-9(5-3-8)13(14,15)16/h2-6H,7H2,1H3,(H3,17,18,19,20). The number of ether oxygens (including phenoxy) is 1. The van der Waals surface area contributed by atoms with Gasteiger partial charge in [-0.2, -0.15) is 23.1 Å². The van der Waals surface area contributed by atoms with Crippen molar-refractivity contribution in [2.24, 2.45) is 0 Å². The molecule has 0 saturated heterocycles. The molecule has 0 aliphatic carbocycles. The monoisotopic (exact) mass is 298 g/mol. The van der Waals surface area contributed by atoms with Gasteiger partial charge in [0.1, 0.15) is 5.82 Å². The van der Waals surface area contributed by atoms with Crippen LogP contribution in [0.4, 0.5) is 24.9 Å². The molecule has 0 unspecified atom stereocenters. The summed E-state index contributed by atoms with van der Waals surface area (Å²) < 4.78 is 42.3. The van der Waals surface area contributed by atoms with Gasteiger partial charge in [0.2, 0.25) is 11.8 Å². The van der Waals surface area contributed by atoms with Crippen LogP contribution in [0.3, 0.4) is 0 Å². The van der Waals surface area contributed by atoms with Crippen LogP contribution >= 0.6 is 0 Å². The molecule has 3 N–H and O–H groups in total. The van der Waals surface area contributed by atoms with Crippen molar-refractivity contribution in [1.82, 2.24) is 9.97 Å². The van der Waals surface area contributed by atoms with Crippen molar-refractivity contribution in [3.05, 3.63) is 41.5 Å². The Bertz CT molecular complexity index is 614. The molecule has 2 aromatic rings. The third kappa shape index (κ3) is 3.98. The molecule has 0 aliphatic rings. The first-order valence-corrected chi connectivity index (χ1v) is 5.97. The maximum absolute atomic E-state index is 12.4. The topological polar surface area (TPSA) is 73.1 Å². The van der Waals surface area contributed by atoms with Crippen LogP contribution in [0, 0.1) is 0 Å². The molecule has 112 valence electrons. The Balaban J connectivity index is 2.05. The Morgan fingerprint density at radius 2 is 1.86 bits per heavy atom. The fraction of sp³-hybridized carbons (Fsp3) is 0.231. The first-order chi connectivity index (χ1) is 9.88. The highest BCUT2D eigenvalue weighted by molar-refractivity contribution is 5.43. The van der Waals surface area contributed by atoms with Crippen molar-refractivity contribution in [2.45, 2.75) is 12.7 Å². The van der Waals surface area contributed by atoms with Crippen molar-refractivity contribution in [3.63, 3.8) is 0 Å². The van der Waals surface area contributed by atoms with Crippen molar-refractivity contribution in [2.75, 3.05) is 18.2 Å². The second-order valence-corrected chi connectivity index (χ2v) is 4.20. The van der Waals surface area contributed by atoms with Crippen LogP contribution in [0.2, 0.25) is 0 Å². The molecule has 0 saturated carbocycles. The number of benzene rings is 1. The summed E-state index contributed by atoms with van der Waals surface area (Å²) in [6.45, 7) is 0.303. The van der Waals surface area contributed by atoms with Crippen molar-refractivity contribution in [1.29, 1.82) is 0 Å². The van der Waals surface area contributed by atoms with Crippen molar-refractivity contribution >= 4 is 11.8 Å². The van der Waals surface area contributed by atoms with Gasteiger partial charge in [-0.25, -0.2) is 0 Å². The van der Waals surface area contributed by atoms with E-state index in [0.29, 0.717) is 23.8 Å². The molecule has 0 atom stereocenters. The molecule has 0 amide bonds. The lowest BCUT2D eigenvalue weighted by atomic mass is 10.1. The maximum atomic E-state index is 12.4. The van der Waals surface area contributed by atoms with Crippen LogP contribution in [0.15, 0.2) is 30.3 Å². The van der Waals surface area contributed by atoms with E-state index in [0.717, 1.165) is 12.1 Å². The number of alkyl halides is 3. The molecule has 0 fully saturated rings. The summed E-state index contributed by atoms with van der Waals surface area (Å²) in [6, 6.07) is 6.41. The van der Waals surface area contributed by atoms with Crippen LogP contribution in [0.1, 0.15) is 11.1 Å². The summed E-state index contributed by atoms with van der Waals surface area (Å²) >= 11 is 0. The molecule has 21 heavy (non-hydrogen) atoms. The van der Waals surface area contributed by atoms with Crippen molar-refractivity contribution < 1.29 is 17.9 Å². The van der Waals surface area contributed by atoms with Crippen molar-refractivity contribution in [3.8, 4) is 5.88 Å². The summed E-state index contributed by atoms with van der Waals surface area (Å²) in [7, 11) is 1.45. The zero-order valence-corrected chi connectivity index (χ0v) is 11.1. The Kier molecular flexibility index (Phi) is 4.15. The van der Waals surface area contributed by atoms with E-state index in [4.69, 9.17) is 10.5 Å². The summed E-state index contributed by atoms with van der Waals surface area (Å²) in [4.78, 5) is 7.77. The van der Waals surface area contributed by atoms with E-state index in [-0.39, 0.29) is 5.95 Å². The lowest BCUT2D eigenvalue weighted by Crippen LogP contribution is -2.07. The van der Waals surface area contributed by atoms with Crippen LogP contribution in [-0.4, -0.2) is 17.1 Å². The molecule has 5 nitrogen and oxygen atoms in total. The average molecular weight is 298 g/mol. The molecular weight excluding hydrogens is 285 g/mol. The van der Waals surface area contributed by atoms with Gasteiger partial charge in [-0.1, -0.05) is 12.1 Å². The first-order valence-electron chi connectivity index (χ1n) is 5.97. The van der Waals surface area contributed by atoms with Crippen LogP contribution in [-0.2, 0) is 12.7 Å². The Morgan fingerprint density at radius 1 is 1.19 bits per heavy atom. The summed E-state index contributed by atoms with van der Waals surface area (Å²) in [5.74, 6) is 0.779. The molecule has 1 heterocycles. The third-order valence-corrected chi connectivity index (χ3v) is 2.68. The predicted molar refractivity (Wildman–Crippen MR) is 71.8 cm³/mol. The second kappa shape index (κ2) is 5.86. The number of nitrogens with one attached hydrogen (secondary N) is 1. The SMILES string of the molecule is COc1cc(NCc2ccc(C(F)(F)F)cc2)nc(N)n1. The normalized spacial score (nSPS) is 11.2. The van der Waals surface area contributed by atoms with Gasteiger partial charge in [-0.05, 0) is 17.7 Å². The third-order valence-electron chi connectivity index (χ3n) is 2.68. The molecule has 1 aromatic carbocycles. The maximum Gasteiger partial charge on any atom is 0.416 e. The van der Waals surface area contributed by atoms with E-state index in [9.17, 15) is 13.2 Å². The molecule has 0 spiro atoms. The number of anilines is 2. The van der Waals surface area contributed by atoms with Gasteiger partial charge in [0, 0.05) is 12.6 Å². The number of halogens is 3. The summed E-state index contributed by atoms with van der Waals surface area (Å²) in [5, 5.41) is 2.94. The lowest BCUT2D eigenvalue weighted by Gasteiger charge is -2.09. The van der Waals surface area contributed by atoms with Gasteiger partial charge < -0.3 is 15.8 Å². The smallest absolute Gasteiger partial charge is 0.416 e. The molecule has 1 aromatic heterocycles. The van der Waals surface area contributed by atoms with E-state index >= 15 is 0 Å². The highest BCUT2D eigenvalue weighted by Gasteiger charge is 2.29. The lowest BCUT2D eigenvalue weighted by molar-refractivity contribution is -0.137. The molecular formula is C13H13F3N4O. The average Bonchev–Trinajstić information content (AvgIpc) is 2.44. The fourth-order valence-corrected chi connectivity index (χ4v) is 1.64. The van der Waals surface area contributed by atoms with Crippen LogP contribution in [0.5, 0.6) is 5.88 Å². The number of rotatable bonds is 4. The quantitative estimate of drug-likeness (QED) is 0.908. The van der Waals surface area contributed by atoms with E-state index in [1.165, 1.54) is 19.2 Å². The predicted octanol–water partition coefficient (Wildman–Crippen LogP) is 2.70. The molecule has 0 radical (unpaired) electrons. The number of methoxy groups -OCH3 is 1. The minimum Gasteiger partial charge on any atom is -0.481 e. The van der Waals surface area contributed by atoms with Gasteiger partial charge in [0.15, 0.2) is 0 Å². The van der Waals surface area contributed by atoms with E-state index in [1.807, 2.05) is 0 Å². The zero-order chi connectivity index (χ0) is 15.5. The minimum atomic E-state index is -4.33. The fourth-order valence-electron chi connectivity index (χ4n) is 1.64. The number of aromatic nitrogens is 2. The Morgan fingerprint density at radius 3 is 2.43 bits per heavy atom. The highest BCUT2D eigenvalue weighted by atomic mass is 19.4. The van der Waals surface area contributed by atoms with E-state index < -0.39 is 11.7 Å². The second-order valence-electron chi connectivity index (χ2n) is 4.20. The van der Waals surface area contributed by atoms with Gasteiger partial charge >= 0.3 is 6.18 Å². The first kappa shape index (κ1) is 14.9. The van der Waals surface area contributed by atoms with Gasteiger partial charge in [-0.15, -0.1) is 0 Å². The number of nitrogen functional groups attached to an aromatic ring is 1. The van der Waals surface area contributed by atoms with Gasteiger partial charge in [0.05, 0.1) is 12.7 Å². The zero-order valence-electron chi connectivity index (χ0n) is 11.1. The summed E-state index contributed by atoms with van der Waals surface area (Å²) in [6.07, 6.45) is -4.33. The van der Waals surface area contributed by atoms with E-state index in [1.54, 1.807) is 6.07 Å². The van der Waals surface area contributed by atoms with Gasteiger partial charge in [0.25, 0.3) is 0 Å². The van der Waals surface area contributed by atoms with E-state index in [2.05, 4.69) is 15.3 Å². The molecule has 2 rings (SSSR count). The highest BCUT2D eigenvalue weighted by Crippen LogP contribution is 2.29. The number of hydrogen-bond donors (Lipinski definition) is 2. The number of hydrogen-bond acceptors (Lipinski definition) is 5. The van der Waals surface area contributed by atoms with Crippen LogP contribution < -0.4 is 15.8 Å². The number of nitrogens with two attached hydrogens (primary N) is 1. The number of nitrogens with zero attached hydrogens (tertiary/aromatic N) is 2. The Hall–Kier alpha value is -2.51. The molecule has 0 bridgehead atoms.